The van der Waals surface area contributed by atoms with Crippen LogP contribution in [0.2, 0.25) is 0 Å². The predicted molar refractivity (Wildman–Crippen MR) is 90.7 cm³/mol. The third kappa shape index (κ3) is 2.47. The minimum atomic E-state index is -3.29. The van der Waals surface area contributed by atoms with Crippen LogP contribution in [0, 0.1) is 29.1 Å². The van der Waals surface area contributed by atoms with E-state index in [4.69, 9.17) is 0 Å². The van der Waals surface area contributed by atoms with Crippen molar-refractivity contribution < 1.29 is 23.1 Å². The Morgan fingerprint density at radius 1 is 1.08 bits per heavy atom. The van der Waals surface area contributed by atoms with E-state index < -0.39 is 27.6 Å². The van der Waals surface area contributed by atoms with E-state index in [1.54, 1.807) is 12.1 Å². The SMILES string of the molecule is CS(=O)(=O)c1ccc(NC(=O)[C@H]2[C@@H](C(=O)O)[C@H]3CC[C@@H]2C32CC2)cc1. The third-order valence-electron chi connectivity index (χ3n) is 6.48. The lowest BCUT2D eigenvalue weighted by Gasteiger charge is -2.26. The molecule has 2 bridgehead atoms. The number of carboxylic acid groups (broad SMARTS) is 1. The number of nitrogens with one attached hydrogen (secondary N) is 1. The molecule has 0 unspecified atom stereocenters. The van der Waals surface area contributed by atoms with Gasteiger partial charge in [-0.1, -0.05) is 0 Å². The van der Waals surface area contributed by atoms with Gasteiger partial charge in [-0.2, -0.15) is 0 Å². The van der Waals surface area contributed by atoms with E-state index in [0.29, 0.717) is 5.69 Å². The third-order valence-corrected chi connectivity index (χ3v) is 7.61. The molecule has 0 aromatic heterocycles. The maximum absolute atomic E-state index is 12.8. The number of amides is 1. The van der Waals surface area contributed by atoms with Crippen molar-refractivity contribution in [1.82, 2.24) is 0 Å². The molecular formula is C18H21NO5S. The summed E-state index contributed by atoms with van der Waals surface area (Å²) < 4.78 is 23.0. The highest BCUT2D eigenvalue weighted by molar-refractivity contribution is 7.90. The molecule has 0 radical (unpaired) electrons. The van der Waals surface area contributed by atoms with Gasteiger partial charge in [-0.05, 0) is 67.2 Å². The van der Waals surface area contributed by atoms with Crippen molar-refractivity contribution in [1.29, 1.82) is 0 Å². The fourth-order valence-corrected chi connectivity index (χ4v) is 5.98. The monoisotopic (exact) mass is 363 g/mol. The molecule has 2 N–H and O–H groups in total. The largest absolute Gasteiger partial charge is 0.481 e. The molecule has 0 aliphatic heterocycles. The molecule has 1 amide bonds. The highest BCUT2D eigenvalue weighted by Crippen LogP contribution is 2.74. The van der Waals surface area contributed by atoms with E-state index in [1.807, 2.05) is 0 Å². The van der Waals surface area contributed by atoms with Crippen LogP contribution in [0.3, 0.4) is 0 Å². The number of carbonyl (C=O) groups is 2. The number of rotatable bonds is 4. The topological polar surface area (TPSA) is 101 Å². The van der Waals surface area contributed by atoms with Crippen LogP contribution >= 0.6 is 0 Å². The molecule has 1 spiro atoms. The minimum Gasteiger partial charge on any atom is -0.481 e. The zero-order valence-corrected chi connectivity index (χ0v) is 14.8. The summed E-state index contributed by atoms with van der Waals surface area (Å²) in [4.78, 5) is 24.8. The van der Waals surface area contributed by atoms with Gasteiger partial charge < -0.3 is 10.4 Å². The molecule has 0 heterocycles. The maximum Gasteiger partial charge on any atom is 0.307 e. The van der Waals surface area contributed by atoms with Crippen molar-refractivity contribution in [2.45, 2.75) is 30.6 Å². The second-order valence-corrected chi connectivity index (χ2v) is 9.71. The zero-order valence-electron chi connectivity index (χ0n) is 13.9. The van der Waals surface area contributed by atoms with E-state index in [9.17, 15) is 23.1 Å². The highest BCUT2D eigenvalue weighted by Gasteiger charge is 2.71. The van der Waals surface area contributed by atoms with E-state index in [0.717, 1.165) is 31.9 Å². The molecule has 6 nitrogen and oxygen atoms in total. The van der Waals surface area contributed by atoms with Gasteiger partial charge >= 0.3 is 5.97 Å². The summed E-state index contributed by atoms with van der Waals surface area (Å²) in [5, 5.41) is 12.5. The van der Waals surface area contributed by atoms with E-state index >= 15 is 0 Å². The molecule has 25 heavy (non-hydrogen) atoms. The summed E-state index contributed by atoms with van der Waals surface area (Å²) in [5.41, 5.74) is 0.583. The van der Waals surface area contributed by atoms with Gasteiger partial charge in [0.25, 0.3) is 0 Å². The molecule has 3 saturated carbocycles. The molecule has 0 saturated heterocycles. The summed E-state index contributed by atoms with van der Waals surface area (Å²) in [5.74, 6) is -1.93. The number of carboxylic acids is 1. The van der Waals surface area contributed by atoms with Crippen LogP contribution in [-0.4, -0.2) is 31.7 Å². The average Bonchev–Trinajstić information content (AvgIpc) is 3.20. The lowest BCUT2D eigenvalue weighted by atomic mass is 9.78. The molecule has 4 atom stereocenters. The van der Waals surface area contributed by atoms with Crippen LogP contribution in [0.1, 0.15) is 25.7 Å². The van der Waals surface area contributed by atoms with Gasteiger partial charge in [0.2, 0.25) is 5.91 Å². The average molecular weight is 363 g/mol. The van der Waals surface area contributed by atoms with Crippen molar-refractivity contribution in [2.24, 2.45) is 29.1 Å². The fraction of sp³-hybridized carbons (Fsp3) is 0.556. The van der Waals surface area contributed by atoms with E-state index in [-0.39, 0.29) is 28.1 Å². The van der Waals surface area contributed by atoms with E-state index in [2.05, 4.69) is 5.32 Å². The Morgan fingerprint density at radius 3 is 2.12 bits per heavy atom. The molecule has 134 valence electrons. The number of aliphatic carboxylic acids is 1. The summed E-state index contributed by atoms with van der Waals surface area (Å²) in [6.07, 6.45) is 5.05. The molecular weight excluding hydrogens is 342 g/mol. The number of sulfone groups is 1. The predicted octanol–water partition coefficient (Wildman–Crippen LogP) is 2.17. The van der Waals surface area contributed by atoms with Gasteiger partial charge in [-0.25, -0.2) is 8.42 Å². The second-order valence-electron chi connectivity index (χ2n) is 7.70. The number of carbonyl (C=O) groups excluding carboxylic acids is 1. The van der Waals surface area contributed by atoms with Crippen molar-refractivity contribution in [3.8, 4) is 0 Å². The Balaban J connectivity index is 1.56. The quantitative estimate of drug-likeness (QED) is 0.854. The summed E-state index contributed by atoms with van der Waals surface area (Å²) >= 11 is 0. The van der Waals surface area contributed by atoms with E-state index in [1.165, 1.54) is 12.1 Å². The fourth-order valence-electron chi connectivity index (χ4n) is 5.35. The highest BCUT2D eigenvalue weighted by atomic mass is 32.2. The number of hydrogen-bond acceptors (Lipinski definition) is 4. The van der Waals surface area contributed by atoms with Crippen molar-refractivity contribution in [3.05, 3.63) is 24.3 Å². The first-order chi connectivity index (χ1) is 11.7. The molecule has 1 aromatic rings. The number of hydrogen-bond donors (Lipinski definition) is 2. The van der Waals surface area contributed by atoms with Gasteiger partial charge in [-0.15, -0.1) is 0 Å². The Hall–Kier alpha value is -1.89. The standard InChI is InChI=1S/C18H21NO5S/c1-25(23,24)11-4-2-10(3-5-11)19-16(20)14-12-6-7-13(15(14)17(21)22)18(12)8-9-18/h2-5,12-15H,6-9H2,1H3,(H,19,20)(H,21,22)/t12-,13+,14+,15-/m0/s1. The van der Waals surface area contributed by atoms with Crippen LogP contribution in [0.25, 0.3) is 0 Å². The van der Waals surface area contributed by atoms with Crippen LogP contribution in [0.4, 0.5) is 5.69 Å². The van der Waals surface area contributed by atoms with Gasteiger partial charge in [0.05, 0.1) is 16.7 Å². The Labute approximate surface area is 146 Å². The number of benzene rings is 1. The Bertz CT molecular complexity index is 841. The van der Waals surface area contributed by atoms with Crippen LogP contribution in [0.15, 0.2) is 29.2 Å². The smallest absolute Gasteiger partial charge is 0.307 e. The van der Waals surface area contributed by atoms with Gasteiger partial charge in [0, 0.05) is 11.9 Å². The minimum absolute atomic E-state index is 0.0885. The molecule has 1 aromatic carbocycles. The Morgan fingerprint density at radius 2 is 1.64 bits per heavy atom. The Kier molecular flexibility index (Phi) is 3.51. The summed E-state index contributed by atoms with van der Waals surface area (Å²) in [6, 6.07) is 5.99. The van der Waals surface area contributed by atoms with Crippen LogP contribution in [-0.2, 0) is 19.4 Å². The van der Waals surface area contributed by atoms with Crippen molar-refractivity contribution in [2.75, 3.05) is 11.6 Å². The van der Waals surface area contributed by atoms with Gasteiger partial charge in [0.15, 0.2) is 9.84 Å². The normalized spacial score (nSPS) is 31.9. The summed E-state index contributed by atoms with van der Waals surface area (Å²) in [7, 11) is -3.29. The van der Waals surface area contributed by atoms with Crippen LogP contribution < -0.4 is 5.32 Å². The lowest BCUT2D eigenvalue weighted by molar-refractivity contribution is -0.148. The molecule has 3 aliphatic rings. The van der Waals surface area contributed by atoms with Gasteiger partial charge in [-0.3, -0.25) is 9.59 Å². The molecule has 7 heteroatoms. The van der Waals surface area contributed by atoms with Crippen molar-refractivity contribution >= 4 is 27.4 Å². The molecule has 4 rings (SSSR count). The van der Waals surface area contributed by atoms with Crippen molar-refractivity contribution in [3.63, 3.8) is 0 Å². The van der Waals surface area contributed by atoms with Crippen LogP contribution in [0.5, 0.6) is 0 Å². The first-order valence-electron chi connectivity index (χ1n) is 8.58. The first kappa shape index (κ1) is 16.6. The maximum atomic E-state index is 12.8. The van der Waals surface area contributed by atoms with Gasteiger partial charge in [0.1, 0.15) is 0 Å². The second kappa shape index (κ2) is 5.30. The lowest BCUT2D eigenvalue weighted by Crippen LogP contribution is -2.37. The number of anilines is 1. The summed E-state index contributed by atoms with van der Waals surface area (Å²) in [6.45, 7) is 0. The first-order valence-corrected chi connectivity index (χ1v) is 10.5. The molecule has 3 fully saturated rings. The molecule has 3 aliphatic carbocycles. The zero-order chi connectivity index (χ0) is 18.0.